The highest BCUT2D eigenvalue weighted by Gasteiger charge is 2.24. The number of hydrogen-bond acceptors (Lipinski definition) is 6. The molecule has 0 unspecified atom stereocenters. The molecule has 3 heterocycles. The molecular weight excluding hydrogens is 484 g/mol. The SMILES string of the molecule is O=C1NC(=Nc2cc(-c3nc4ccccc4s3)ccc2Cl)S/C1=C\c1ccc2ncccc2c1. The number of carbonyl (C=O) groups is 1. The molecule has 5 nitrogen and oxygen atoms in total. The predicted molar refractivity (Wildman–Crippen MR) is 143 cm³/mol. The number of carbonyl (C=O) groups excluding carboxylic acids is 1. The van der Waals surface area contributed by atoms with Crippen LogP contribution in [0.4, 0.5) is 5.69 Å². The van der Waals surface area contributed by atoms with Gasteiger partial charge >= 0.3 is 0 Å². The Labute approximate surface area is 208 Å². The summed E-state index contributed by atoms with van der Waals surface area (Å²) in [4.78, 5) is 26.8. The maximum Gasteiger partial charge on any atom is 0.264 e. The lowest BCUT2D eigenvalue weighted by Gasteiger charge is -2.03. The number of nitrogens with one attached hydrogen (secondary N) is 1. The molecule has 2 aromatic heterocycles. The molecule has 34 heavy (non-hydrogen) atoms. The zero-order valence-electron chi connectivity index (χ0n) is 17.5. The van der Waals surface area contributed by atoms with E-state index in [-0.39, 0.29) is 5.91 Å². The maximum atomic E-state index is 12.6. The summed E-state index contributed by atoms with van der Waals surface area (Å²) < 4.78 is 1.12. The number of amides is 1. The van der Waals surface area contributed by atoms with E-state index in [1.165, 1.54) is 11.8 Å². The van der Waals surface area contributed by atoms with Crippen molar-refractivity contribution in [2.75, 3.05) is 0 Å². The first kappa shape index (κ1) is 21.0. The van der Waals surface area contributed by atoms with Crippen molar-refractivity contribution in [2.24, 2.45) is 4.99 Å². The van der Waals surface area contributed by atoms with Crippen LogP contribution >= 0.6 is 34.7 Å². The Morgan fingerprint density at radius 2 is 1.88 bits per heavy atom. The molecule has 0 spiro atoms. The minimum absolute atomic E-state index is 0.187. The summed E-state index contributed by atoms with van der Waals surface area (Å²) in [7, 11) is 0. The first-order valence-electron chi connectivity index (χ1n) is 10.4. The molecule has 5 aromatic rings. The van der Waals surface area contributed by atoms with Crippen LogP contribution in [0.15, 0.2) is 88.9 Å². The second-order valence-corrected chi connectivity index (χ2v) is 10.1. The van der Waals surface area contributed by atoms with Gasteiger partial charge in [-0.1, -0.05) is 41.9 Å². The van der Waals surface area contributed by atoms with Gasteiger partial charge in [0.2, 0.25) is 0 Å². The summed E-state index contributed by atoms with van der Waals surface area (Å²) in [6.45, 7) is 0. The molecule has 0 atom stereocenters. The Balaban J connectivity index is 1.30. The van der Waals surface area contributed by atoms with Crippen LogP contribution in [-0.4, -0.2) is 21.0 Å². The van der Waals surface area contributed by atoms with Crippen LogP contribution in [0.3, 0.4) is 0 Å². The molecule has 3 aromatic carbocycles. The average Bonchev–Trinajstić information content (AvgIpc) is 3.43. The summed E-state index contributed by atoms with van der Waals surface area (Å²) in [6, 6.07) is 23.5. The minimum Gasteiger partial charge on any atom is -0.300 e. The highest BCUT2D eigenvalue weighted by Crippen LogP contribution is 2.36. The fourth-order valence-corrected chi connectivity index (χ4v) is 5.61. The van der Waals surface area contributed by atoms with E-state index in [2.05, 4.69) is 21.4 Å². The van der Waals surface area contributed by atoms with Crippen LogP contribution in [0.2, 0.25) is 5.02 Å². The molecule has 164 valence electrons. The third-order valence-electron chi connectivity index (χ3n) is 5.28. The number of hydrogen-bond donors (Lipinski definition) is 1. The van der Waals surface area contributed by atoms with Crippen molar-refractivity contribution < 1.29 is 4.79 Å². The number of aliphatic imine (C=N–C) groups is 1. The van der Waals surface area contributed by atoms with E-state index in [1.54, 1.807) is 17.5 Å². The number of fused-ring (bicyclic) bond motifs is 2. The molecule has 1 aliphatic rings. The first-order valence-corrected chi connectivity index (χ1v) is 12.4. The fraction of sp³-hybridized carbons (Fsp3) is 0. The molecule has 0 radical (unpaired) electrons. The molecular formula is C26H15ClN4OS2. The molecule has 6 rings (SSSR count). The highest BCUT2D eigenvalue weighted by atomic mass is 35.5. The number of amidine groups is 1. The summed E-state index contributed by atoms with van der Waals surface area (Å²) in [5, 5.41) is 5.75. The van der Waals surface area contributed by atoms with Gasteiger partial charge in [-0.25, -0.2) is 9.98 Å². The molecule has 1 saturated heterocycles. The van der Waals surface area contributed by atoms with Gasteiger partial charge in [-0.05, 0) is 65.9 Å². The lowest BCUT2D eigenvalue weighted by atomic mass is 10.1. The molecule has 1 fully saturated rings. The molecule has 8 heteroatoms. The number of benzene rings is 3. The van der Waals surface area contributed by atoms with Gasteiger partial charge in [0.05, 0.1) is 31.3 Å². The van der Waals surface area contributed by atoms with Crippen molar-refractivity contribution in [3.8, 4) is 10.6 Å². The van der Waals surface area contributed by atoms with Gasteiger partial charge in [-0.3, -0.25) is 9.78 Å². The molecule has 0 saturated carbocycles. The van der Waals surface area contributed by atoms with Crippen molar-refractivity contribution in [1.82, 2.24) is 15.3 Å². The van der Waals surface area contributed by atoms with E-state index in [0.29, 0.717) is 20.8 Å². The normalized spacial score (nSPS) is 16.1. The summed E-state index contributed by atoms with van der Waals surface area (Å²) in [6.07, 6.45) is 3.62. The molecule has 1 N–H and O–H groups in total. The Kier molecular flexibility index (Phi) is 5.37. The number of para-hydroxylation sites is 1. The largest absolute Gasteiger partial charge is 0.300 e. The standard InChI is InChI=1S/C26H15ClN4OS2/c27-18-9-8-17(25-29-20-5-1-2-6-22(20)33-25)14-21(18)30-26-31-24(32)23(34-26)13-15-7-10-19-16(12-15)4-3-11-28-19/h1-14H,(H,30,31,32)/b23-13-. The van der Waals surface area contributed by atoms with Crippen LogP contribution in [0.5, 0.6) is 0 Å². The smallest absolute Gasteiger partial charge is 0.264 e. The Hall–Kier alpha value is -3.52. The lowest BCUT2D eigenvalue weighted by molar-refractivity contribution is -0.115. The van der Waals surface area contributed by atoms with Gasteiger partial charge in [0.1, 0.15) is 5.01 Å². The van der Waals surface area contributed by atoms with Crippen molar-refractivity contribution in [1.29, 1.82) is 0 Å². The van der Waals surface area contributed by atoms with Crippen LogP contribution < -0.4 is 5.32 Å². The maximum absolute atomic E-state index is 12.6. The summed E-state index contributed by atoms with van der Waals surface area (Å²) >= 11 is 9.34. The zero-order chi connectivity index (χ0) is 23.1. The first-order chi connectivity index (χ1) is 16.6. The quantitative estimate of drug-likeness (QED) is 0.270. The van der Waals surface area contributed by atoms with Gasteiger partial charge in [0.15, 0.2) is 5.17 Å². The van der Waals surface area contributed by atoms with E-state index < -0.39 is 0 Å². The van der Waals surface area contributed by atoms with Gasteiger partial charge in [-0.2, -0.15) is 0 Å². The number of aromatic nitrogens is 2. The molecule has 1 aliphatic heterocycles. The van der Waals surface area contributed by atoms with E-state index >= 15 is 0 Å². The number of thiazole rings is 1. The number of halogens is 1. The average molecular weight is 499 g/mol. The number of pyridine rings is 1. The van der Waals surface area contributed by atoms with Crippen molar-refractivity contribution in [2.45, 2.75) is 0 Å². The topological polar surface area (TPSA) is 67.2 Å². The Morgan fingerprint density at radius 3 is 2.79 bits per heavy atom. The second-order valence-electron chi connectivity index (χ2n) is 7.59. The molecule has 0 aliphatic carbocycles. The number of thioether (sulfide) groups is 1. The van der Waals surface area contributed by atoms with E-state index in [1.807, 2.05) is 72.8 Å². The second kappa shape index (κ2) is 8.68. The third-order valence-corrected chi connectivity index (χ3v) is 7.60. The zero-order valence-corrected chi connectivity index (χ0v) is 19.9. The third kappa shape index (κ3) is 4.09. The van der Waals surface area contributed by atoms with E-state index in [0.717, 1.165) is 37.3 Å². The predicted octanol–water partition coefficient (Wildman–Crippen LogP) is 7.06. The number of rotatable bonds is 3. The van der Waals surface area contributed by atoms with Gasteiger partial charge in [0.25, 0.3) is 5.91 Å². The summed E-state index contributed by atoms with van der Waals surface area (Å²) in [5.74, 6) is -0.187. The summed E-state index contributed by atoms with van der Waals surface area (Å²) in [5.41, 5.74) is 4.32. The van der Waals surface area contributed by atoms with Crippen molar-refractivity contribution in [3.05, 3.63) is 94.5 Å². The van der Waals surface area contributed by atoms with Crippen molar-refractivity contribution >= 4 is 78.7 Å². The van der Waals surface area contributed by atoms with Crippen LogP contribution in [-0.2, 0) is 4.79 Å². The molecule has 0 bridgehead atoms. The van der Waals surface area contributed by atoms with Crippen LogP contribution in [0.25, 0.3) is 37.8 Å². The van der Waals surface area contributed by atoms with Gasteiger partial charge in [0, 0.05) is 17.1 Å². The van der Waals surface area contributed by atoms with E-state index in [4.69, 9.17) is 16.6 Å². The van der Waals surface area contributed by atoms with Gasteiger partial charge < -0.3 is 5.32 Å². The van der Waals surface area contributed by atoms with Gasteiger partial charge in [-0.15, -0.1) is 11.3 Å². The highest BCUT2D eigenvalue weighted by molar-refractivity contribution is 8.18. The Morgan fingerprint density at radius 1 is 0.971 bits per heavy atom. The fourth-order valence-electron chi connectivity index (χ4n) is 3.65. The minimum atomic E-state index is -0.187. The lowest BCUT2D eigenvalue weighted by Crippen LogP contribution is -2.19. The van der Waals surface area contributed by atoms with E-state index in [9.17, 15) is 4.79 Å². The van der Waals surface area contributed by atoms with Crippen molar-refractivity contribution in [3.63, 3.8) is 0 Å². The van der Waals surface area contributed by atoms with Crippen LogP contribution in [0, 0.1) is 0 Å². The number of nitrogens with zero attached hydrogens (tertiary/aromatic N) is 3. The Bertz CT molecular complexity index is 1620. The monoisotopic (exact) mass is 498 g/mol. The molecule has 1 amide bonds. The van der Waals surface area contributed by atoms with Crippen LogP contribution in [0.1, 0.15) is 5.56 Å².